The van der Waals surface area contributed by atoms with Gasteiger partial charge in [0.15, 0.2) is 5.82 Å². The van der Waals surface area contributed by atoms with Crippen LogP contribution < -0.4 is 10.1 Å². The molecule has 0 bridgehead atoms. The molecule has 112 valence electrons. The zero-order valence-electron chi connectivity index (χ0n) is 12.2. The highest BCUT2D eigenvalue weighted by atomic mass is 16.5. The van der Waals surface area contributed by atoms with Gasteiger partial charge in [0.1, 0.15) is 11.6 Å². The molecule has 0 unspecified atom stereocenters. The summed E-state index contributed by atoms with van der Waals surface area (Å²) >= 11 is 0. The number of anilines is 1. The van der Waals surface area contributed by atoms with Crippen LogP contribution >= 0.6 is 0 Å². The standard InChI is InChI=1S/C16H21N3O2/c1-2-12-21-14-7-4-3-6-13(14)16-18-10-8-15(19-16)17-9-5-11-20/h3-4,6-8,10,20H,2,5,9,11-12H2,1H3,(H,17,18,19). The van der Waals surface area contributed by atoms with E-state index in [0.717, 1.165) is 23.6 Å². The predicted octanol–water partition coefficient (Wildman–Crippen LogP) is 2.73. The van der Waals surface area contributed by atoms with E-state index >= 15 is 0 Å². The minimum atomic E-state index is 0.165. The average Bonchev–Trinajstić information content (AvgIpc) is 2.54. The van der Waals surface area contributed by atoms with Gasteiger partial charge in [0.05, 0.1) is 12.2 Å². The van der Waals surface area contributed by atoms with Crippen LogP contribution in [0.25, 0.3) is 11.4 Å². The van der Waals surface area contributed by atoms with Crippen LogP contribution in [0.15, 0.2) is 36.5 Å². The van der Waals surface area contributed by atoms with E-state index in [1.807, 2.05) is 30.3 Å². The summed E-state index contributed by atoms with van der Waals surface area (Å²) in [6.07, 6.45) is 3.37. The quantitative estimate of drug-likeness (QED) is 0.731. The molecule has 0 amide bonds. The number of benzene rings is 1. The molecule has 0 aliphatic heterocycles. The molecule has 0 aliphatic rings. The summed E-state index contributed by atoms with van der Waals surface area (Å²) in [7, 11) is 0. The van der Waals surface area contributed by atoms with Crippen LogP contribution in [-0.4, -0.2) is 34.8 Å². The second kappa shape index (κ2) is 8.21. The predicted molar refractivity (Wildman–Crippen MR) is 83.4 cm³/mol. The molecule has 5 nitrogen and oxygen atoms in total. The number of para-hydroxylation sites is 1. The van der Waals surface area contributed by atoms with Gasteiger partial charge in [-0.05, 0) is 31.0 Å². The van der Waals surface area contributed by atoms with Crippen LogP contribution in [0.3, 0.4) is 0 Å². The molecule has 21 heavy (non-hydrogen) atoms. The molecule has 0 aliphatic carbocycles. The average molecular weight is 287 g/mol. The van der Waals surface area contributed by atoms with Crippen molar-refractivity contribution in [2.45, 2.75) is 19.8 Å². The molecule has 2 aromatic rings. The summed E-state index contributed by atoms with van der Waals surface area (Å²) in [5.74, 6) is 2.18. The smallest absolute Gasteiger partial charge is 0.165 e. The van der Waals surface area contributed by atoms with Crippen molar-refractivity contribution in [1.82, 2.24) is 9.97 Å². The van der Waals surface area contributed by atoms with Crippen LogP contribution in [-0.2, 0) is 0 Å². The third-order valence-corrected chi connectivity index (χ3v) is 2.89. The number of ether oxygens (including phenoxy) is 1. The summed E-state index contributed by atoms with van der Waals surface area (Å²) in [5, 5.41) is 12.0. The monoisotopic (exact) mass is 287 g/mol. The Labute approximate surface area is 125 Å². The van der Waals surface area contributed by atoms with E-state index < -0.39 is 0 Å². The molecule has 0 atom stereocenters. The number of rotatable bonds is 8. The molecule has 0 radical (unpaired) electrons. The van der Waals surface area contributed by atoms with E-state index in [0.29, 0.717) is 25.4 Å². The fourth-order valence-electron chi connectivity index (χ4n) is 1.87. The maximum atomic E-state index is 8.81. The molecule has 0 saturated heterocycles. The van der Waals surface area contributed by atoms with Crippen LogP contribution in [0.4, 0.5) is 5.82 Å². The maximum Gasteiger partial charge on any atom is 0.165 e. The molecule has 0 fully saturated rings. The number of aliphatic hydroxyl groups excluding tert-OH is 1. The van der Waals surface area contributed by atoms with Gasteiger partial charge in [-0.25, -0.2) is 9.97 Å². The van der Waals surface area contributed by atoms with Crippen LogP contribution in [0.2, 0.25) is 0 Å². The van der Waals surface area contributed by atoms with Crippen molar-refractivity contribution in [3.63, 3.8) is 0 Å². The fraction of sp³-hybridized carbons (Fsp3) is 0.375. The lowest BCUT2D eigenvalue weighted by Gasteiger charge is -2.11. The zero-order chi connectivity index (χ0) is 14.9. The van der Waals surface area contributed by atoms with Gasteiger partial charge in [0, 0.05) is 19.3 Å². The second-order valence-electron chi connectivity index (χ2n) is 4.61. The number of nitrogens with zero attached hydrogens (tertiary/aromatic N) is 2. The van der Waals surface area contributed by atoms with Crippen LogP contribution in [0, 0.1) is 0 Å². The van der Waals surface area contributed by atoms with E-state index in [4.69, 9.17) is 9.84 Å². The largest absolute Gasteiger partial charge is 0.493 e. The Morgan fingerprint density at radius 3 is 2.90 bits per heavy atom. The first-order valence-corrected chi connectivity index (χ1v) is 7.25. The van der Waals surface area contributed by atoms with Crippen molar-refractivity contribution < 1.29 is 9.84 Å². The Kier molecular flexibility index (Phi) is 5.97. The lowest BCUT2D eigenvalue weighted by molar-refractivity contribution is 0.292. The Hall–Kier alpha value is -2.14. The van der Waals surface area contributed by atoms with Crippen molar-refractivity contribution in [3.05, 3.63) is 36.5 Å². The van der Waals surface area contributed by atoms with Gasteiger partial charge in [0.25, 0.3) is 0 Å². The summed E-state index contributed by atoms with van der Waals surface area (Å²) < 4.78 is 5.75. The maximum absolute atomic E-state index is 8.81. The third kappa shape index (κ3) is 4.43. The van der Waals surface area contributed by atoms with Crippen LogP contribution in [0.5, 0.6) is 5.75 Å². The summed E-state index contributed by atoms with van der Waals surface area (Å²) in [5.41, 5.74) is 0.886. The lowest BCUT2D eigenvalue weighted by Crippen LogP contribution is -2.06. The van der Waals surface area contributed by atoms with Gasteiger partial charge in [-0.3, -0.25) is 0 Å². The number of nitrogens with one attached hydrogen (secondary N) is 1. The first-order valence-electron chi connectivity index (χ1n) is 7.25. The first-order chi connectivity index (χ1) is 10.3. The fourth-order valence-corrected chi connectivity index (χ4v) is 1.87. The van der Waals surface area contributed by atoms with Crippen molar-refractivity contribution in [3.8, 4) is 17.1 Å². The summed E-state index contributed by atoms with van der Waals surface area (Å²) in [6, 6.07) is 9.59. The molecular formula is C16H21N3O2. The van der Waals surface area contributed by atoms with E-state index in [2.05, 4.69) is 22.2 Å². The number of hydrogen-bond donors (Lipinski definition) is 2. The number of aliphatic hydroxyl groups is 1. The van der Waals surface area contributed by atoms with Gasteiger partial charge in [-0.1, -0.05) is 19.1 Å². The highest BCUT2D eigenvalue weighted by Crippen LogP contribution is 2.27. The van der Waals surface area contributed by atoms with Crippen LogP contribution in [0.1, 0.15) is 19.8 Å². The first kappa shape index (κ1) is 15.3. The molecule has 2 rings (SSSR count). The highest BCUT2D eigenvalue weighted by molar-refractivity contribution is 5.65. The number of aromatic nitrogens is 2. The molecule has 1 aromatic carbocycles. The Bertz CT molecular complexity index is 561. The van der Waals surface area contributed by atoms with E-state index in [-0.39, 0.29) is 6.61 Å². The molecule has 2 N–H and O–H groups in total. The van der Waals surface area contributed by atoms with E-state index in [9.17, 15) is 0 Å². The lowest BCUT2D eigenvalue weighted by atomic mass is 10.2. The topological polar surface area (TPSA) is 67.3 Å². The molecule has 1 heterocycles. The van der Waals surface area contributed by atoms with Crippen molar-refractivity contribution in [2.24, 2.45) is 0 Å². The SMILES string of the molecule is CCCOc1ccccc1-c1nccc(NCCCO)n1. The third-order valence-electron chi connectivity index (χ3n) is 2.89. The minimum Gasteiger partial charge on any atom is -0.493 e. The zero-order valence-corrected chi connectivity index (χ0v) is 12.2. The van der Waals surface area contributed by atoms with Gasteiger partial charge >= 0.3 is 0 Å². The minimum absolute atomic E-state index is 0.165. The molecule has 1 aromatic heterocycles. The molecular weight excluding hydrogens is 266 g/mol. The van der Waals surface area contributed by atoms with E-state index in [1.165, 1.54) is 0 Å². The van der Waals surface area contributed by atoms with Crippen molar-refractivity contribution >= 4 is 5.82 Å². The normalized spacial score (nSPS) is 10.4. The van der Waals surface area contributed by atoms with Gasteiger partial charge in [-0.15, -0.1) is 0 Å². The van der Waals surface area contributed by atoms with Gasteiger partial charge in [0.2, 0.25) is 0 Å². The van der Waals surface area contributed by atoms with E-state index in [1.54, 1.807) is 6.20 Å². The highest BCUT2D eigenvalue weighted by Gasteiger charge is 2.09. The second-order valence-corrected chi connectivity index (χ2v) is 4.61. The number of hydrogen-bond acceptors (Lipinski definition) is 5. The molecule has 0 saturated carbocycles. The Morgan fingerprint density at radius 1 is 1.24 bits per heavy atom. The van der Waals surface area contributed by atoms with Gasteiger partial charge in [-0.2, -0.15) is 0 Å². The Morgan fingerprint density at radius 2 is 2.10 bits per heavy atom. The Balaban J connectivity index is 2.19. The summed E-state index contributed by atoms with van der Waals surface area (Å²) in [4.78, 5) is 8.83. The van der Waals surface area contributed by atoms with Crippen molar-refractivity contribution in [2.75, 3.05) is 25.1 Å². The van der Waals surface area contributed by atoms with Gasteiger partial charge < -0.3 is 15.2 Å². The van der Waals surface area contributed by atoms with Crippen molar-refractivity contribution in [1.29, 1.82) is 0 Å². The summed E-state index contributed by atoms with van der Waals surface area (Å²) in [6.45, 7) is 3.59. The molecule has 0 spiro atoms. The molecule has 5 heteroatoms.